The first kappa shape index (κ1) is 22.7. The highest BCUT2D eigenvalue weighted by molar-refractivity contribution is 5.60. The van der Waals surface area contributed by atoms with Gasteiger partial charge in [-0.05, 0) is 25.0 Å². The quantitative estimate of drug-likeness (QED) is 0.268. The van der Waals surface area contributed by atoms with Gasteiger partial charge in [-0.2, -0.15) is 0 Å². The topological polar surface area (TPSA) is 40.5 Å². The first-order chi connectivity index (χ1) is 12.9. The third-order valence-corrected chi connectivity index (χ3v) is 4.72. The fourth-order valence-corrected chi connectivity index (χ4v) is 3.04. The summed E-state index contributed by atoms with van der Waals surface area (Å²) >= 11 is 0. The number of hydrogen-bond acceptors (Lipinski definition) is 2. The van der Waals surface area contributed by atoms with Crippen molar-refractivity contribution in [2.75, 3.05) is 13.1 Å². The standard InChI is InChI=1S/C23H41N3/c1-3-5-7-9-11-13-19-24-21-18-22-16-15-17-23(26-22)25-20-14-12-10-8-6-4-2/h15-17,21H,3-14,18-20H2,1-2H3,(H,25,26). The zero-order chi connectivity index (χ0) is 18.7. The molecule has 3 heteroatoms. The lowest BCUT2D eigenvalue weighted by molar-refractivity contribution is 0.609. The molecule has 0 saturated carbocycles. The molecule has 1 N–H and O–H groups in total. The van der Waals surface area contributed by atoms with E-state index in [1.165, 1.54) is 82.7 Å². The molecule has 148 valence electrons. The van der Waals surface area contributed by atoms with Gasteiger partial charge in [0.2, 0.25) is 0 Å². The molecule has 1 aromatic rings. The number of nitrogens with one attached hydrogen (secondary N) is 1. The van der Waals surface area contributed by atoms with Crippen molar-refractivity contribution in [1.29, 1.82) is 0 Å². The summed E-state index contributed by atoms with van der Waals surface area (Å²) in [6, 6.07) is 6.28. The maximum atomic E-state index is 4.68. The highest BCUT2D eigenvalue weighted by atomic mass is 14.8. The van der Waals surface area contributed by atoms with Crippen molar-refractivity contribution in [2.45, 2.75) is 97.3 Å². The minimum Gasteiger partial charge on any atom is -0.344 e. The maximum Gasteiger partial charge on any atom is 0.125 e. The van der Waals surface area contributed by atoms with Crippen LogP contribution in [0, 0.1) is 0 Å². The van der Waals surface area contributed by atoms with Gasteiger partial charge in [-0.1, -0.05) is 84.1 Å². The minimum absolute atomic E-state index is 0.871. The summed E-state index contributed by atoms with van der Waals surface area (Å²) in [6.07, 6.45) is 18.8. The monoisotopic (exact) mass is 359 g/mol. The lowest BCUT2D eigenvalue weighted by Crippen LogP contribution is -2.10. The van der Waals surface area contributed by atoms with E-state index in [1.54, 1.807) is 0 Å². The van der Waals surface area contributed by atoms with E-state index in [0.29, 0.717) is 0 Å². The van der Waals surface area contributed by atoms with Crippen molar-refractivity contribution in [2.24, 2.45) is 9.98 Å². The molecule has 1 heterocycles. The Bertz CT molecular complexity index is 516. The minimum atomic E-state index is 0.871. The van der Waals surface area contributed by atoms with Crippen LogP contribution in [0.25, 0.3) is 0 Å². The second-order valence-electron chi connectivity index (χ2n) is 7.27. The summed E-state index contributed by atoms with van der Waals surface area (Å²) in [4.78, 5) is 12.7. The molecule has 1 rings (SSSR count). The van der Waals surface area contributed by atoms with Gasteiger partial charge in [-0.25, -0.2) is 0 Å². The van der Waals surface area contributed by atoms with Gasteiger partial charge >= 0.3 is 0 Å². The fourth-order valence-electron chi connectivity index (χ4n) is 3.04. The molecule has 0 atom stereocenters. The second-order valence-corrected chi connectivity index (χ2v) is 7.27. The van der Waals surface area contributed by atoms with E-state index in [0.717, 1.165) is 25.0 Å². The first-order valence-electron chi connectivity index (χ1n) is 11.0. The summed E-state index contributed by atoms with van der Waals surface area (Å²) in [5, 5.41) is 0. The smallest absolute Gasteiger partial charge is 0.125 e. The van der Waals surface area contributed by atoms with Crippen LogP contribution < -0.4 is 5.49 Å². The molecular weight excluding hydrogens is 318 g/mol. The Balaban J connectivity index is 2.18. The predicted octanol–water partition coefficient (Wildman–Crippen LogP) is 6.25. The highest BCUT2D eigenvalue weighted by Gasteiger charge is 1.92. The van der Waals surface area contributed by atoms with E-state index in [2.05, 4.69) is 53.2 Å². The van der Waals surface area contributed by atoms with Gasteiger partial charge in [0.25, 0.3) is 0 Å². The Kier molecular flexibility index (Phi) is 14.9. The molecule has 0 bridgehead atoms. The fraction of sp³-hybridized carbons (Fsp3) is 0.739. The lowest BCUT2D eigenvalue weighted by atomic mass is 10.1. The second kappa shape index (κ2) is 17.1. The van der Waals surface area contributed by atoms with Crippen LogP contribution in [-0.2, 0) is 6.42 Å². The Hall–Kier alpha value is -1.38. The normalized spacial score (nSPS) is 12.3. The molecule has 0 aliphatic heterocycles. The number of rotatable bonds is 16. The molecule has 0 radical (unpaired) electrons. The number of nitrogens with zero attached hydrogens (tertiary/aromatic N) is 2. The van der Waals surface area contributed by atoms with Gasteiger partial charge in [0.1, 0.15) is 5.49 Å². The van der Waals surface area contributed by atoms with Crippen molar-refractivity contribution < 1.29 is 0 Å². The van der Waals surface area contributed by atoms with Crippen LogP contribution in [0.2, 0.25) is 0 Å². The summed E-state index contributed by atoms with van der Waals surface area (Å²) in [5.41, 5.74) is 2.20. The molecule has 0 aliphatic rings. The van der Waals surface area contributed by atoms with Crippen LogP contribution in [0.15, 0.2) is 28.2 Å². The number of H-pyrrole nitrogens is 1. The van der Waals surface area contributed by atoms with Crippen LogP contribution in [0.4, 0.5) is 0 Å². The van der Waals surface area contributed by atoms with Crippen LogP contribution in [0.1, 0.15) is 96.6 Å². The molecule has 0 fully saturated rings. The number of hydrogen-bond donors (Lipinski definition) is 1. The van der Waals surface area contributed by atoms with Gasteiger partial charge in [0.15, 0.2) is 0 Å². The van der Waals surface area contributed by atoms with Gasteiger partial charge in [-0.3, -0.25) is 9.98 Å². The van der Waals surface area contributed by atoms with Gasteiger partial charge in [0.05, 0.1) is 0 Å². The number of aromatic nitrogens is 1. The SMILES string of the molecule is CCCCCCCCN=CCc1cccc(=NCCCCCCCC)[nH]1. The average molecular weight is 360 g/mol. The largest absolute Gasteiger partial charge is 0.344 e. The number of unbranched alkanes of at least 4 members (excludes halogenated alkanes) is 10. The molecule has 0 unspecified atom stereocenters. The van der Waals surface area contributed by atoms with Crippen molar-refractivity contribution >= 4 is 6.21 Å². The number of aromatic amines is 1. The Labute approximate surface area is 161 Å². The molecule has 0 amide bonds. The van der Waals surface area contributed by atoms with Crippen molar-refractivity contribution in [3.05, 3.63) is 29.4 Å². The number of aliphatic imine (C=N–C) groups is 1. The van der Waals surface area contributed by atoms with E-state index in [1.807, 2.05) is 0 Å². The van der Waals surface area contributed by atoms with Crippen LogP contribution in [0.5, 0.6) is 0 Å². The number of pyridine rings is 1. The summed E-state index contributed by atoms with van der Waals surface area (Å²) in [5.74, 6) is 0. The third-order valence-electron chi connectivity index (χ3n) is 4.72. The Morgan fingerprint density at radius 1 is 0.769 bits per heavy atom. The van der Waals surface area contributed by atoms with Crippen molar-refractivity contribution in [3.63, 3.8) is 0 Å². The van der Waals surface area contributed by atoms with Gasteiger partial charge < -0.3 is 4.98 Å². The molecule has 0 spiro atoms. The summed E-state index contributed by atoms with van der Waals surface area (Å²) in [7, 11) is 0. The van der Waals surface area contributed by atoms with Gasteiger partial charge in [0, 0.05) is 31.4 Å². The molecule has 0 aromatic carbocycles. The molecule has 1 aromatic heterocycles. The zero-order valence-electron chi connectivity index (χ0n) is 17.3. The molecule has 0 aliphatic carbocycles. The molecule has 26 heavy (non-hydrogen) atoms. The molecule has 3 nitrogen and oxygen atoms in total. The van der Waals surface area contributed by atoms with Gasteiger partial charge in [-0.15, -0.1) is 0 Å². The van der Waals surface area contributed by atoms with E-state index in [4.69, 9.17) is 0 Å². The van der Waals surface area contributed by atoms with Crippen LogP contribution in [-0.4, -0.2) is 24.3 Å². The van der Waals surface area contributed by atoms with E-state index < -0.39 is 0 Å². The van der Waals surface area contributed by atoms with Crippen molar-refractivity contribution in [1.82, 2.24) is 4.98 Å². The summed E-state index contributed by atoms with van der Waals surface area (Å²) in [6.45, 7) is 6.42. The van der Waals surface area contributed by atoms with Crippen LogP contribution >= 0.6 is 0 Å². The Morgan fingerprint density at radius 3 is 2.08 bits per heavy atom. The molecular formula is C23H41N3. The zero-order valence-corrected chi connectivity index (χ0v) is 17.3. The highest BCUT2D eigenvalue weighted by Crippen LogP contribution is 2.05. The maximum absolute atomic E-state index is 4.68. The van der Waals surface area contributed by atoms with E-state index in [9.17, 15) is 0 Å². The predicted molar refractivity (Wildman–Crippen MR) is 115 cm³/mol. The lowest BCUT2D eigenvalue weighted by Gasteiger charge is -2.00. The Morgan fingerprint density at radius 2 is 1.38 bits per heavy atom. The van der Waals surface area contributed by atoms with Crippen molar-refractivity contribution in [3.8, 4) is 0 Å². The summed E-state index contributed by atoms with van der Waals surface area (Å²) < 4.78 is 0. The first-order valence-corrected chi connectivity index (χ1v) is 11.0. The van der Waals surface area contributed by atoms with E-state index >= 15 is 0 Å². The average Bonchev–Trinajstić information content (AvgIpc) is 2.66. The van der Waals surface area contributed by atoms with E-state index in [-0.39, 0.29) is 0 Å². The molecule has 0 saturated heterocycles. The third kappa shape index (κ3) is 12.9. The van der Waals surface area contributed by atoms with Crippen LogP contribution in [0.3, 0.4) is 0 Å².